The van der Waals surface area contributed by atoms with Crippen molar-refractivity contribution in [2.24, 2.45) is 0 Å². The van der Waals surface area contributed by atoms with Crippen LogP contribution in [-0.4, -0.2) is 31.4 Å². The predicted molar refractivity (Wildman–Crippen MR) is 77.8 cm³/mol. The molecule has 0 aliphatic heterocycles. The first-order valence-electron chi connectivity index (χ1n) is 7.05. The molecule has 0 spiro atoms. The lowest BCUT2D eigenvalue weighted by atomic mass is 10.1. The van der Waals surface area contributed by atoms with Gasteiger partial charge in [-0.15, -0.1) is 0 Å². The van der Waals surface area contributed by atoms with Gasteiger partial charge in [0.15, 0.2) is 0 Å². The Morgan fingerprint density at radius 2 is 1.75 bits per heavy atom. The zero-order chi connectivity index (χ0) is 18.2. The van der Waals surface area contributed by atoms with Crippen LogP contribution >= 0.6 is 0 Å². The van der Waals surface area contributed by atoms with Gasteiger partial charge in [-0.2, -0.15) is 13.2 Å². The average molecular weight is 349 g/mol. The maximum Gasteiger partial charge on any atom is 0.416 e. The molecule has 0 saturated heterocycles. The van der Waals surface area contributed by atoms with Gasteiger partial charge >= 0.3 is 6.18 Å². The van der Waals surface area contributed by atoms with Crippen molar-refractivity contribution >= 4 is 5.91 Å². The van der Waals surface area contributed by atoms with E-state index in [9.17, 15) is 26.7 Å². The van der Waals surface area contributed by atoms with Gasteiger partial charge in [0, 0.05) is 6.54 Å². The fourth-order valence-electron chi connectivity index (χ4n) is 1.57. The van der Waals surface area contributed by atoms with E-state index in [1.54, 1.807) is 0 Å². The molecule has 0 radical (unpaired) electrons. The monoisotopic (exact) mass is 349 g/mol. The van der Waals surface area contributed by atoms with Crippen LogP contribution in [-0.2, 0) is 11.0 Å². The number of carbonyl (C=O) groups excluding carboxylic acids is 1. The highest BCUT2D eigenvalue weighted by Gasteiger charge is 2.33. The number of rotatable bonds is 6. The van der Waals surface area contributed by atoms with Crippen molar-refractivity contribution in [3.05, 3.63) is 29.8 Å². The Balaban J connectivity index is 2.92. The molecule has 132 valence electrons. The summed E-state index contributed by atoms with van der Waals surface area (Å²) < 4.78 is 68.9. The minimum atomic E-state index is -4.53. The van der Waals surface area contributed by atoms with E-state index in [1.165, 1.54) is 0 Å². The molecular weight excluding hydrogens is 333 g/mol. The van der Waals surface area contributed by atoms with E-state index in [0.29, 0.717) is 13.0 Å². The predicted octanol–water partition coefficient (Wildman–Crippen LogP) is 3.29. The number of hydrogen-bond donors (Lipinski definition) is 1. The summed E-state index contributed by atoms with van der Waals surface area (Å²) in [7, 11) is 0. The number of halogens is 5. The summed E-state index contributed by atoms with van der Waals surface area (Å²) in [6.45, 7) is -0.586. The Morgan fingerprint density at radius 1 is 1.17 bits per heavy atom. The zero-order valence-corrected chi connectivity index (χ0v) is 12.8. The second-order valence-corrected chi connectivity index (χ2v) is 4.89. The van der Waals surface area contributed by atoms with Crippen molar-refractivity contribution in [1.29, 1.82) is 0 Å². The van der Waals surface area contributed by atoms with Gasteiger partial charge < -0.3 is 10.1 Å². The highest BCUT2D eigenvalue weighted by molar-refractivity contribution is 5.93. The molecule has 0 saturated carbocycles. The summed E-state index contributed by atoms with van der Waals surface area (Å²) in [5.41, 5.74) is -3.17. The summed E-state index contributed by atoms with van der Waals surface area (Å²) in [4.78, 5) is 11.4. The van der Waals surface area contributed by atoms with Crippen molar-refractivity contribution in [3.8, 4) is 17.6 Å². The number of hydrogen-bond acceptors (Lipinski definition) is 2. The van der Waals surface area contributed by atoms with E-state index in [2.05, 4.69) is 11.2 Å². The van der Waals surface area contributed by atoms with Crippen LogP contribution in [0.15, 0.2) is 24.3 Å². The Bertz CT molecular complexity index is 598. The van der Waals surface area contributed by atoms with Crippen LogP contribution in [0.5, 0.6) is 5.75 Å². The molecule has 0 atom stereocenters. The van der Waals surface area contributed by atoms with Crippen LogP contribution in [0.2, 0.25) is 0 Å². The first kappa shape index (κ1) is 19.7. The van der Waals surface area contributed by atoms with E-state index in [0.717, 1.165) is 24.3 Å². The number of amides is 1. The fourth-order valence-corrected chi connectivity index (χ4v) is 1.57. The second kappa shape index (κ2) is 8.52. The second-order valence-electron chi connectivity index (χ2n) is 4.89. The molecule has 0 bridgehead atoms. The van der Waals surface area contributed by atoms with Gasteiger partial charge in [-0.05, 0) is 42.5 Å². The molecule has 1 aromatic carbocycles. The molecule has 24 heavy (non-hydrogen) atoms. The van der Waals surface area contributed by atoms with Crippen molar-refractivity contribution in [2.75, 3.05) is 19.9 Å². The number of carbonyl (C=O) groups is 1. The normalized spacial score (nSPS) is 11.4. The highest BCUT2D eigenvalue weighted by atomic mass is 19.4. The summed E-state index contributed by atoms with van der Waals surface area (Å²) in [6.07, 6.45) is -3.88. The lowest BCUT2D eigenvalue weighted by molar-refractivity contribution is -0.137. The van der Waals surface area contributed by atoms with Crippen LogP contribution in [0.25, 0.3) is 0 Å². The Kier molecular flexibility index (Phi) is 7.01. The average Bonchev–Trinajstić information content (AvgIpc) is 2.56. The third-order valence-corrected chi connectivity index (χ3v) is 2.87. The van der Waals surface area contributed by atoms with Gasteiger partial charge in [0.1, 0.15) is 19.1 Å². The van der Waals surface area contributed by atoms with E-state index >= 15 is 0 Å². The van der Waals surface area contributed by atoms with Gasteiger partial charge in [-0.1, -0.05) is 6.92 Å². The van der Waals surface area contributed by atoms with Crippen LogP contribution in [0.4, 0.5) is 22.0 Å². The summed E-state index contributed by atoms with van der Waals surface area (Å²) in [6, 6.07) is 3.30. The minimum Gasteiger partial charge on any atom is -0.469 e. The van der Waals surface area contributed by atoms with Gasteiger partial charge in [-0.3, -0.25) is 4.79 Å². The van der Waals surface area contributed by atoms with Crippen LogP contribution in [0, 0.1) is 11.8 Å². The molecule has 8 heteroatoms. The molecule has 1 aromatic rings. The quantitative estimate of drug-likeness (QED) is 0.632. The van der Waals surface area contributed by atoms with Gasteiger partial charge in [0.25, 0.3) is 5.91 Å². The van der Waals surface area contributed by atoms with Crippen molar-refractivity contribution in [1.82, 2.24) is 5.32 Å². The molecule has 0 heterocycles. The molecular formula is C16H16F5NO2. The number of ether oxygens (including phenoxy) is 1. The molecule has 3 nitrogen and oxygen atoms in total. The lowest BCUT2D eigenvalue weighted by Gasteiger charge is -2.23. The molecule has 0 fully saturated rings. The first-order valence-corrected chi connectivity index (χ1v) is 7.05. The zero-order valence-electron chi connectivity index (χ0n) is 12.8. The smallest absolute Gasteiger partial charge is 0.416 e. The molecule has 1 rings (SSSR count). The Hall–Kier alpha value is -2.30. The Morgan fingerprint density at radius 3 is 2.21 bits per heavy atom. The van der Waals surface area contributed by atoms with Crippen molar-refractivity contribution in [3.63, 3.8) is 0 Å². The van der Waals surface area contributed by atoms with Gasteiger partial charge in [0.2, 0.25) is 5.60 Å². The minimum absolute atomic E-state index is 0.193. The summed E-state index contributed by atoms with van der Waals surface area (Å²) in [5.74, 6) is 3.19. The molecule has 0 aliphatic rings. The van der Waals surface area contributed by atoms with E-state index < -0.39 is 36.6 Å². The van der Waals surface area contributed by atoms with E-state index in [1.807, 2.05) is 12.8 Å². The van der Waals surface area contributed by atoms with Crippen LogP contribution in [0.3, 0.4) is 0 Å². The van der Waals surface area contributed by atoms with Crippen molar-refractivity contribution in [2.45, 2.75) is 25.1 Å². The summed E-state index contributed by atoms with van der Waals surface area (Å²) >= 11 is 0. The number of benzene rings is 1. The van der Waals surface area contributed by atoms with Crippen LogP contribution in [0.1, 0.15) is 18.9 Å². The lowest BCUT2D eigenvalue weighted by Crippen LogP contribution is -2.40. The van der Waals surface area contributed by atoms with E-state index in [4.69, 9.17) is 4.74 Å². The SMILES string of the molecule is CCCNC(=O)C#CC(CF)(CF)Oc1ccc(C(F)(F)F)cc1. The standard InChI is InChI=1S/C16H16F5NO2/c1-2-9-22-14(23)7-8-15(10-17,11-18)24-13-5-3-12(4-6-13)16(19,20)21/h3-6H,2,9-11H2,1H3,(H,22,23). The maximum absolute atomic E-state index is 13.2. The Labute approximate surface area is 136 Å². The third kappa shape index (κ3) is 5.72. The van der Waals surface area contributed by atoms with Gasteiger partial charge in [-0.25, -0.2) is 8.78 Å². The van der Waals surface area contributed by atoms with Gasteiger partial charge in [0.05, 0.1) is 5.56 Å². The molecule has 0 aromatic heterocycles. The molecule has 0 aliphatic carbocycles. The fraction of sp³-hybridized carbons (Fsp3) is 0.438. The topological polar surface area (TPSA) is 38.3 Å². The number of nitrogens with one attached hydrogen (secondary N) is 1. The maximum atomic E-state index is 13.2. The number of alkyl halides is 5. The highest BCUT2D eigenvalue weighted by Crippen LogP contribution is 2.31. The van der Waals surface area contributed by atoms with E-state index in [-0.39, 0.29) is 5.75 Å². The molecule has 0 unspecified atom stereocenters. The first-order chi connectivity index (χ1) is 11.3. The summed E-state index contributed by atoms with van der Waals surface area (Å²) in [5, 5.41) is 2.40. The van der Waals surface area contributed by atoms with Crippen LogP contribution < -0.4 is 10.1 Å². The largest absolute Gasteiger partial charge is 0.469 e. The molecule has 1 N–H and O–H groups in total. The van der Waals surface area contributed by atoms with Crippen molar-refractivity contribution < 1.29 is 31.5 Å². The molecule has 1 amide bonds. The third-order valence-electron chi connectivity index (χ3n) is 2.87.